The van der Waals surface area contributed by atoms with Crippen LogP contribution in [0.1, 0.15) is 0 Å². The summed E-state index contributed by atoms with van der Waals surface area (Å²) in [5, 5.41) is 14.1. The lowest BCUT2D eigenvalue weighted by molar-refractivity contribution is -0.384. The second-order valence-electron chi connectivity index (χ2n) is 5.37. The predicted molar refractivity (Wildman–Crippen MR) is 76.7 cm³/mol. The van der Waals surface area contributed by atoms with E-state index in [0.29, 0.717) is 24.9 Å². The quantitative estimate of drug-likeness (QED) is 0.661. The molecule has 2 heterocycles. The Hall–Kier alpha value is -1.22. The molecule has 0 radical (unpaired) electrons. The van der Waals surface area contributed by atoms with Crippen molar-refractivity contribution in [2.45, 2.75) is 4.90 Å². The SMILES string of the molecule is O=[N+]([O-])c1cc(S(=O)(=O)N2CC3CNCC3C2)ccc1Cl. The van der Waals surface area contributed by atoms with Crippen molar-refractivity contribution >= 4 is 27.3 Å². The number of halogens is 1. The van der Waals surface area contributed by atoms with Crippen LogP contribution in [-0.4, -0.2) is 43.8 Å². The molecule has 114 valence electrons. The smallest absolute Gasteiger partial charge is 0.289 e. The van der Waals surface area contributed by atoms with Gasteiger partial charge in [0.25, 0.3) is 5.69 Å². The molecule has 7 nitrogen and oxygen atoms in total. The Morgan fingerprint density at radius 1 is 1.29 bits per heavy atom. The third-order valence-corrected chi connectivity index (χ3v) is 6.26. The normalized spacial score (nSPS) is 26.0. The molecule has 0 spiro atoms. The van der Waals surface area contributed by atoms with Crippen LogP contribution in [0.25, 0.3) is 0 Å². The first kappa shape index (κ1) is 14.7. The first-order chi connectivity index (χ1) is 9.89. The maximum absolute atomic E-state index is 12.6. The van der Waals surface area contributed by atoms with Gasteiger partial charge >= 0.3 is 0 Å². The van der Waals surface area contributed by atoms with Crippen LogP contribution < -0.4 is 5.32 Å². The lowest BCUT2D eigenvalue weighted by Crippen LogP contribution is -2.32. The van der Waals surface area contributed by atoms with E-state index in [-0.39, 0.29) is 9.92 Å². The van der Waals surface area contributed by atoms with Crippen LogP contribution in [0.2, 0.25) is 5.02 Å². The van der Waals surface area contributed by atoms with E-state index in [4.69, 9.17) is 11.6 Å². The average Bonchev–Trinajstić information content (AvgIpc) is 2.99. The molecule has 0 saturated carbocycles. The molecule has 2 aliphatic heterocycles. The number of benzene rings is 1. The average molecular weight is 332 g/mol. The molecule has 0 aliphatic carbocycles. The Bertz CT molecular complexity index is 682. The van der Waals surface area contributed by atoms with Gasteiger partial charge in [-0.2, -0.15) is 4.31 Å². The lowest BCUT2D eigenvalue weighted by atomic mass is 10.0. The molecule has 1 N–H and O–H groups in total. The van der Waals surface area contributed by atoms with Gasteiger partial charge in [-0.25, -0.2) is 8.42 Å². The summed E-state index contributed by atoms with van der Waals surface area (Å²) in [6, 6.07) is 3.60. The number of nitrogens with zero attached hydrogens (tertiary/aromatic N) is 2. The molecule has 3 rings (SSSR count). The molecule has 2 atom stereocenters. The van der Waals surface area contributed by atoms with E-state index in [1.54, 1.807) is 0 Å². The van der Waals surface area contributed by atoms with Crippen molar-refractivity contribution in [1.82, 2.24) is 9.62 Å². The molecule has 21 heavy (non-hydrogen) atoms. The highest BCUT2D eigenvalue weighted by molar-refractivity contribution is 7.89. The predicted octanol–water partition coefficient (Wildman–Crippen LogP) is 1.09. The molecule has 2 saturated heterocycles. The Balaban J connectivity index is 1.92. The summed E-state index contributed by atoms with van der Waals surface area (Å²) >= 11 is 5.72. The van der Waals surface area contributed by atoms with Crippen LogP contribution in [0.5, 0.6) is 0 Å². The van der Waals surface area contributed by atoms with Crippen molar-refractivity contribution in [2.75, 3.05) is 26.2 Å². The molecule has 0 bridgehead atoms. The fourth-order valence-corrected chi connectivity index (χ4v) is 4.71. The van der Waals surface area contributed by atoms with Crippen LogP contribution in [0.3, 0.4) is 0 Å². The van der Waals surface area contributed by atoms with Gasteiger partial charge in [0, 0.05) is 19.2 Å². The van der Waals surface area contributed by atoms with Crippen molar-refractivity contribution in [3.63, 3.8) is 0 Å². The Kier molecular flexibility index (Phi) is 3.64. The van der Waals surface area contributed by atoms with Crippen LogP contribution >= 0.6 is 11.6 Å². The molecular formula is C12H14ClN3O4S. The second-order valence-corrected chi connectivity index (χ2v) is 7.72. The van der Waals surface area contributed by atoms with Gasteiger partial charge in [0.05, 0.1) is 9.82 Å². The van der Waals surface area contributed by atoms with Crippen molar-refractivity contribution in [2.24, 2.45) is 11.8 Å². The molecule has 1 aromatic rings. The second kappa shape index (κ2) is 5.20. The number of hydrogen-bond donors (Lipinski definition) is 1. The Morgan fingerprint density at radius 3 is 2.48 bits per heavy atom. The van der Waals surface area contributed by atoms with Crippen molar-refractivity contribution in [1.29, 1.82) is 0 Å². The lowest BCUT2D eigenvalue weighted by Gasteiger charge is -2.17. The Morgan fingerprint density at radius 2 is 1.90 bits per heavy atom. The summed E-state index contributed by atoms with van der Waals surface area (Å²) in [6.45, 7) is 2.54. The molecular weight excluding hydrogens is 318 g/mol. The van der Waals surface area contributed by atoms with Gasteiger partial charge < -0.3 is 5.32 Å². The van der Waals surface area contributed by atoms with Gasteiger partial charge in [0.1, 0.15) is 5.02 Å². The first-order valence-corrected chi connectivity index (χ1v) is 8.36. The van der Waals surface area contributed by atoms with Crippen LogP contribution in [-0.2, 0) is 10.0 Å². The number of fused-ring (bicyclic) bond motifs is 1. The van der Waals surface area contributed by atoms with E-state index in [1.165, 1.54) is 16.4 Å². The van der Waals surface area contributed by atoms with Crippen molar-refractivity contribution in [3.8, 4) is 0 Å². The third-order valence-electron chi connectivity index (χ3n) is 4.11. The zero-order valence-electron chi connectivity index (χ0n) is 11.0. The number of sulfonamides is 1. The zero-order valence-corrected chi connectivity index (χ0v) is 12.6. The minimum Gasteiger partial charge on any atom is -0.316 e. The highest BCUT2D eigenvalue weighted by atomic mass is 35.5. The fourth-order valence-electron chi connectivity index (χ4n) is 2.95. The number of nitro benzene ring substituents is 1. The summed E-state index contributed by atoms with van der Waals surface area (Å²) in [6.07, 6.45) is 0. The number of nitro groups is 1. The van der Waals surface area contributed by atoms with E-state index in [9.17, 15) is 18.5 Å². The van der Waals surface area contributed by atoms with Gasteiger partial charge in [-0.1, -0.05) is 11.6 Å². The maximum Gasteiger partial charge on any atom is 0.289 e. The minimum atomic E-state index is -3.71. The zero-order chi connectivity index (χ0) is 15.2. The molecule has 0 amide bonds. The van der Waals surface area contributed by atoms with E-state index in [2.05, 4.69) is 5.32 Å². The summed E-state index contributed by atoms with van der Waals surface area (Å²) in [7, 11) is -3.71. The molecule has 2 unspecified atom stereocenters. The van der Waals surface area contributed by atoms with Gasteiger partial charge in [0.2, 0.25) is 10.0 Å². The Labute approximate surface area is 127 Å². The summed E-state index contributed by atoms with van der Waals surface area (Å²) in [4.78, 5) is 10.1. The van der Waals surface area contributed by atoms with E-state index in [1.807, 2.05) is 0 Å². The summed E-state index contributed by atoms with van der Waals surface area (Å²) in [5.74, 6) is 0.643. The minimum absolute atomic E-state index is 0.0681. The van der Waals surface area contributed by atoms with E-state index < -0.39 is 20.6 Å². The first-order valence-electron chi connectivity index (χ1n) is 6.54. The van der Waals surface area contributed by atoms with E-state index >= 15 is 0 Å². The van der Waals surface area contributed by atoms with Crippen LogP contribution in [0.4, 0.5) is 5.69 Å². The molecule has 1 aromatic carbocycles. The van der Waals surface area contributed by atoms with Gasteiger partial charge in [-0.15, -0.1) is 0 Å². The highest BCUT2D eigenvalue weighted by Gasteiger charge is 2.41. The van der Waals surface area contributed by atoms with Gasteiger partial charge in [-0.05, 0) is 37.1 Å². The monoisotopic (exact) mass is 331 g/mol. The maximum atomic E-state index is 12.6. The number of hydrogen-bond acceptors (Lipinski definition) is 5. The van der Waals surface area contributed by atoms with Gasteiger partial charge in [-0.3, -0.25) is 10.1 Å². The summed E-state index contributed by atoms with van der Waals surface area (Å²) < 4.78 is 26.6. The third kappa shape index (κ3) is 2.52. The molecule has 2 aliphatic rings. The van der Waals surface area contributed by atoms with Crippen molar-refractivity contribution < 1.29 is 13.3 Å². The largest absolute Gasteiger partial charge is 0.316 e. The molecule has 0 aromatic heterocycles. The molecule has 2 fully saturated rings. The van der Waals surface area contributed by atoms with E-state index in [0.717, 1.165) is 19.2 Å². The fraction of sp³-hybridized carbons (Fsp3) is 0.500. The number of rotatable bonds is 3. The highest BCUT2D eigenvalue weighted by Crippen LogP contribution is 2.33. The van der Waals surface area contributed by atoms with Crippen molar-refractivity contribution in [3.05, 3.63) is 33.3 Å². The standard InChI is InChI=1S/C12H14ClN3O4S/c13-11-2-1-10(3-12(11)16(17)18)21(19,20)15-6-8-4-14-5-9(8)7-15/h1-3,8-9,14H,4-7H2. The van der Waals surface area contributed by atoms with Crippen LogP contribution in [0.15, 0.2) is 23.1 Å². The summed E-state index contributed by atoms with van der Waals surface area (Å²) in [5.41, 5.74) is -0.390. The number of nitrogens with one attached hydrogen (secondary N) is 1. The topological polar surface area (TPSA) is 92.5 Å². The molecule has 9 heteroatoms. The van der Waals surface area contributed by atoms with Crippen LogP contribution in [0, 0.1) is 22.0 Å². The van der Waals surface area contributed by atoms with Gasteiger partial charge in [0.15, 0.2) is 0 Å².